The van der Waals surface area contributed by atoms with Gasteiger partial charge in [0.05, 0.1) is 6.10 Å². The molecule has 72 valence electrons. The second-order valence-corrected chi connectivity index (χ2v) is 3.34. The fourth-order valence-electron chi connectivity index (χ4n) is 1.07. The minimum Gasteiger partial charge on any atom is -0.381 e. The zero-order chi connectivity index (χ0) is 9.84. The van der Waals surface area contributed by atoms with Gasteiger partial charge in [0.25, 0.3) is 0 Å². The molecule has 0 radical (unpaired) electrons. The molecule has 0 spiro atoms. The molecule has 1 unspecified atom stereocenters. The number of hydrogen-bond acceptors (Lipinski definition) is 3. The van der Waals surface area contributed by atoms with Gasteiger partial charge in [0.1, 0.15) is 11.5 Å². The number of hydrogen-bond donors (Lipinski definition) is 0. The zero-order valence-corrected chi connectivity index (χ0v) is 8.80. The number of rotatable bonds is 3. The summed E-state index contributed by atoms with van der Waals surface area (Å²) >= 11 is 5.92. The normalized spacial score (nSPS) is 12.9. The van der Waals surface area contributed by atoms with Crippen LogP contribution in [0.1, 0.15) is 18.2 Å². The molecular weight excluding hydrogens is 188 g/mol. The van der Waals surface area contributed by atoms with E-state index in [9.17, 15) is 0 Å². The Morgan fingerprint density at radius 3 is 2.77 bits per heavy atom. The van der Waals surface area contributed by atoms with Gasteiger partial charge in [-0.15, -0.1) is 0 Å². The number of methoxy groups -OCH3 is 1. The Labute approximate surface area is 83.1 Å². The topological polar surface area (TPSA) is 35.0 Å². The summed E-state index contributed by atoms with van der Waals surface area (Å²) in [6.07, 6.45) is 2.36. The molecule has 0 aromatic carbocycles. The second-order valence-electron chi connectivity index (χ2n) is 2.98. The van der Waals surface area contributed by atoms with Crippen molar-refractivity contribution in [2.75, 3.05) is 7.11 Å². The monoisotopic (exact) mass is 200 g/mol. The van der Waals surface area contributed by atoms with E-state index in [-0.39, 0.29) is 6.10 Å². The molecule has 0 aliphatic heterocycles. The summed E-state index contributed by atoms with van der Waals surface area (Å²) in [5.41, 5.74) is 1.89. The SMILES string of the molecule is COC(C)Cc1c(C)ncnc1Cl. The molecule has 1 heterocycles. The molecule has 1 atom stereocenters. The summed E-state index contributed by atoms with van der Waals surface area (Å²) < 4.78 is 5.15. The molecule has 0 saturated heterocycles. The van der Waals surface area contributed by atoms with Crippen molar-refractivity contribution < 1.29 is 4.74 Å². The Bertz CT molecular complexity index is 271. The maximum absolute atomic E-state index is 5.92. The van der Waals surface area contributed by atoms with Gasteiger partial charge >= 0.3 is 0 Å². The van der Waals surface area contributed by atoms with Gasteiger partial charge in [-0.2, -0.15) is 0 Å². The van der Waals surface area contributed by atoms with E-state index in [1.54, 1.807) is 7.11 Å². The van der Waals surface area contributed by atoms with E-state index < -0.39 is 0 Å². The molecule has 13 heavy (non-hydrogen) atoms. The molecule has 0 fully saturated rings. The number of nitrogens with zero attached hydrogens (tertiary/aromatic N) is 2. The van der Waals surface area contributed by atoms with Crippen LogP contribution in [0.25, 0.3) is 0 Å². The van der Waals surface area contributed by atoms with Gasteiger partial charge < -0.3 is 4.74 Å². The number of aromatic nitrogens is 2. The van der Waals surface area contributed by atoms with Crippen LogP contribution in [0.5, 0.6) is 0 Å². The summed E-state index contributed by atoms with van der Waals surface area (Å²) in [5, 5.41) is 0.524. The fourth-order valence-corrected chi connectivity index (χ4v) is 1.33. The maximum Gasteiger partial charge on any atom is 0.135 e. The molecular formula is C9H13ClN2O. The predicted molar refractivity (Wildman–Crippen MR) is 52.0 cm³/mol. The van der Waals surface area contributed by atoms with Crippen LogP contribution < -0.4 is 0 Å². The standard InChI is InChI=1S/C9H13ClN2O/c1-6(13-3)4-8-7(2)11-5-12-9(8)10/h5-6H,4H2,1-3H3. The number of ether oxygens (including phenoxy) is 1. The van der Waals surface area contributed by atoms with Gasteiger partial charge in [0.15, 0.2) is 0 Å². The van der Waals surface area contributed by atoms with E-state index in [1.165, 1.54) is 6.33 Å². The molecule has 0 bridgehead atoms. The van der Waals surface area contributed by atoms with Crippen molar-refractivity contribution >= 4 is 11.6 Å². The smallest absolute Gasteiger partial charge is 0.135 e. The van der Waals surface area contributed by atoms with E-state index >= 15 is 0 Å². The summed E-state index contributed by atoms with van der Waals surface area (Å²) in [4.78, 5) is 8.00. The Balaban J connectivity index is 2.87. The Morgan fingerprint density at radius 2 is 2.23 bits per heavy atom. The quantitative estimate of drug-likeness (QED) is 0.701. The van der Waals surface area contributed by atoms with Crippen LogP contribution in [0, 0.1) is 6.92 Å². The third-order valence-corrected chi connectivity index (χ3v) is 2.33. The van der Waals surface area contributed by atoms with Gasteiger partial charge in [-0.1, -0.05) is 11.6 Å². The molecule has 1 aromatic rings. The van der Waals surface area contributed by atoms with Gasteiger partial charge in [-0.05, 0) is 13.8 Å². The van der Waals surface area contributed by atoms with Crippen LogP contribution in [-0.2, 0) is 11.2 Å². The lowest BCUT2D eigenvalue weighted by Crippen LogP contribution is -2.11. The van der Waals surface area contributed by atoms with E-state index in [2.05, 4.69) is 9.97 Å². The minimum absolute atomic E-state index is 0.141. The minimum atomic E-state index is 0.141. The van der Waals surface area contributed by atoms with Crippen LogP contribution >= 0.6 is 11.6 Å². The van der Waals surface area contributed by atoms with Gasteiger partial charge in [0, 0.05) is 24.8 Å². The third-order valence-electron chi connectivity index (χ3n) is 2.00. The van der Waals surface area contributed by atoms with E-state index in [0.29, 0.717) is 5.15 Å². The predicted octanol–water partition coefficient (Wildman–Crippen LogP) is 2.02. The molecule has 0 aliphatic carbocycles. The van der Waals surface area contributed by atoms with Crippen molar-refractivity contribution in [3.63, 3.8) is 0 Å². The highest BCUT2D eigenvalue weighted by Crippen LogP contribution is 2.17. The van der Waals surface area contributed by atoms with Crippen molar-refractivity contribution in [2.45, 2.75) is 26.4 Å². The van der Waals surface area contributed by atoms with Crippen LogP contribution in [0.2, 0.25) is 5.15 Å². The van der Waals surface area contributed by atoms with Crippen molar-refractivity contribution in [3.8, 4) is 0 Å². The highest BCUT2D eigenvalue weighted by atomic mass is 35.5. The van der Waals surface area contributed by atoms with Gasteiger partial charge in [-0.25, -0.2) is 9.97 Å². The second kappa shape index (κ2) is 4.53. The first-order valence-electron chi connectivity index (χ1n) is 4.14. The van der Waals surface area contributed by atoms with Crippen molar-refractivity contribution in [3.05, 3.63) is 22.7 Å². The Morgan fingerprint density at radius 1 is 1.54 bits per heavy atom. The van der Waals surface area contributed by atoms with Crippen molar-refractivity contribution in [1.82, 2.24) is 9.97 Å². The summed E-state index contributed by atoms with van der Waals surface area (Å²) in [6.45, 7) is 3.91. The molecule has 4 heteroatoms. The van der Waals surface area contributed by atoms with Crippen molar-refractivity contribution in [2.24, 2.45) is 0 Å². The maximum atomic E-state index is 5.92. The first kappa shape index (κ1) is 10.4. The van der Waals surface area contributed by atoms with E-state index in [0.717, 1.165) is 17.7 Å². The molecule has 0 saturated carbocycles. The van der Waals surface area contributed by atoms with Gasteiger partial charge in [0.2, 0.25) is 0 Å². The highest BCUT2D eigenvalue weighted by molar-refractivity contribution is 6.30. The molecule has 0 amide bonds. The lowest BCUT2D eigenvalue weighted by Gasteiger charge is -2.11. The summed E-state index contributed by atoms with van der Waals surface area (Å²) in [5.74, 6) is 0. The average molecular weight is 201 g/mol. The lowest BCUT2D eigenvalue weighted by molar-refractivity contribution is 0.118. The van der Waals surface area contributed by atoms with Crippen LogP contribution in [-0.4, -0.2) is 23.2 Å². The Hall–Kier alpha value is -0.670. The molecule has 3 nitrogen and oxygen atoms in total. The number of halogens is 1. The average Bonchev–Trinajstić information content (AvgIpc) is 2.11. The van der Waals surface area contributed by atoms with E-state index in [4.69, 9.17) is 16.3 Å². The first-order valence-corrected chi connectivity index (χ1v) is 4.51. The molecule has 1 aromatic heterocycles. The number of aryl methyl sites for hydroxylation is 1. The van der Waals surface area contributed by atoms with Crippen LogP contribution in [0.15, 0.2) is 6.33 Å². The molecule has 1 rings (SSSR count). The Kier molecular flexibility index (Phi) is 3.63. The largest absolute Gasteiger partial charge is 0.381 e. The third kappa shape index (κ3) is 2.64. The van der Waals surface area contributed by atoms with Crippen molar-refractivity contribution in [1.29, 1.82) is 0 Å². The highest BCUT2D eigenvalue weighted by Gasteiger charge is 2.09. The summed E-state index contributed by atoms with van der Waals surface area (Å²) in [7, 11) is 1.68. The van der Waals surface area contributed by atoms with E-state index in [1.807, 2.05) is 13.8 Å². The molecule has 0 aliphatic rings. The molecule has 0 N–H and O–H groups in total. The summed E-state index contributed by atoms with van der Waals surface area (Å²) in [6, 6.07) is 0. The first-order chi connectivity index (χ1) is 6.15. The van der Waals surface area contributed by atoms with Crippen LogP contribution in [0.4, 0.5) is 0 Å². The van der Waals surface area contributed by atoms with Gasteiger partial charge in [-0.3, -0.25) is 0 Å². The lowest BCUT2D eigenvalue weighted by atomic mass is 10.1. The fraction of sp³-hybridized carbons (Fsp3) is 0.556. The zero-order valence-electron chi connectivity index (χ0n) is 8.04. The van der Waals surface area contributed by atoms with Crippen LogP contribution in [0.3, 0.4) is 0 Å².